The van der Waals surface area contributed by atoms with Gasteiger partial charge in [-0.25, -0.2) is 4.98 Å². The zero-order chi connectivity index (χ0) is 18.4. The lowest BCUT2D eigenvalue weighted by molar-refractivity contribution is -0.130. The highest BCUT2D eigenvalue weighted by molar-refractivity contribution is 5.83. The number of benzene rings is 2. The van der Waals surface area contributed by atoms with E-state index in [0.717, 1.165) is 22.4 Å². The molecule has 3 aromatic rings. The standard InChI is InChI=1S/C19H20N4O3/c1-13-5-4-6-14(11-13)26-12-19(25)23-22-18(24)10-9-17-20-15-7-2-3-8-16(15)21-17/h2-8,11H,9-10,12H2,1H3,(H,20,21)(H,22,24)(H,23,25). The van der Waals surface area contributed by atoms with E-state index < -0.39 is 5.91 Å². The number of hydrogen-bond donors (Lipinski definition) is 3. The van der Waals surface area contributed by atoms with Crippen LogP contribution in [0.4, 0.5) is 0 Å². The van der Waals surface area contributed by atoms with Crippen LogP contribution in [0.25, 0.3) is 11.0 Å². The summed E-state index contributed by atoms with van der Waals surface area (Å²) in [4.78, 5) is 31.1. The summed E-state index contributed by atoms with van der Waals surface area (Å²) in [7, 11) is 0. The molecule has 7 nitrogen and oxygen atoms in total. The number of carbonyl (C=O) groups is 2. The van der Waals surface area contributed by atoms with E-state index in [1.165, 1.54) is 0 Å². The summed E-state index contributed by atoms with van der Waals surface area (Å²) in [6.45, 7) is 1.77. The predicted molar refractivity (Wildman–Crippen MR) is 97.4 cm³/mol. The molecule has 0 spiro atoms. The van der Waals surface area contributed by atoms with Gasteiger partial charge in [-0.2, -0.15) is 0 Å². The van der Waals surface area contributed by atoms with Crippen molar-refractivity contribution in [2.75, 3.05) is 6.61 Å². The third-order valence-corrected chi connectivity index (χ3v) is 3.73. The monoisotopic (exact) mass is 352 g/mol. The van der Waals surface area contributed by atoms with Crippen molar-refractivity contribution in [2.45, 2.75) is 19.8 Å². The van der Waals surface area contributed by atoms with Gasteiger partial charge in [0.1, 0.15) is 11.6 Å². The van der Waals surface area contributed by atoms with Crippen molar-refractivity contribution >= 4 is 22.8 Å². The van der Waals surface area contributed by atoms with Crippen LogP contribution >= 0.6 is 0 Å². The van der Waals surface area contributed by atoms with E-state index in [2.05, 4.69) is 20.8 Å². The second kappa shape index (κ2) is 8.15. The summed E-state index contributed by atoms with van der Waals surface area (Å²) in [6.07, 6.45) is 0.662. The average Bonchev–Trinajstić information content (AvgIpc) is 3.06. The molecule has 2 aromatic carbocycles. The predicted octanol–water partition coefficient (Wildman–Crippen LogP) is 2.03. The summed E-state index contributed by atoms with van der Waals surface area (Å²) < 4.78 is 5.37. The van der Waals surface area contributed by atoms with E-state index in [4.69, 9.17) is 4.74 Å². The highest BCUT2D eigenvalue weighted by atomic mass is 16.5. The number of H-pyrrole nitrogens is 1. The van der Waals surface area contributed by atoms with E-state index in [1.54, 1.807) is 6.07 Å². The Kier molecular flexibility index (Phi) is 5.48. The molecule has 26 heavy (non-hydrogen) atoms. The SMILES string of the molecule is Cc1cccc(OCC(=O)NNC(=O)CCc2nc3ccccc3[nH]2)c1. The number of nitrogens with one attached hydrogen (secondary N) is 3. The number of ether oxygens (including phenoxy) is 1. The van der Waals surface area contributed by atoms with Crippen molar-refractivity contribution in [3.05, 3.63) is 59.9 Å². The summed E-state index contributed by atoms with van der Waals surface area (Å²) in [5, 5.41) is 0. The fourth-order valence-corrected chi connectivity index (χ4v) is 2.45. The van der Waals surface area contributed by atoms with E-state index in [1.807, 2.05) is 49.4 Å². The highest BCUT2D eigenvalue weighted by Crippen LogP contribution is 2.12. The second-order valence-corrected chi connectivity index (χ2v) is 5.90. The minimum absolute atomic E-state index is 0.173. The molecule has 134 valence electrons. The van der Waals surface area contributed by atoms with Crippen LogP contribution in [0.2, 0.25) is 0 Å². The molecule has 1 aromatic heterocycles. The van der Waals surface area contributed by atoms with E-state index in [0.29, 0.717) is 12.2 Å². The van der Waals surface area contributed by atoms with Crippen molar-refractivity contribution in [3.63, 3.8) is 0 Å². The number of imidazole rings is 1. The van der Waals surface area contributed by atoms with Crippen molar-refractivity contribution in [2.24, 2.45) is 0 Å². The average molecular weight is 352 g/mol. The van der Waals surface area contributed by atoms with Crippen molar-refractivity contribution in [1.82, 2.24) is 20.8 Å². The van der Waals surface area contributed by atoms with Crippen LogP contribution < -0.4 is 15.6 Å². The number of aromatic nitrogens is 2. The fraction of sp³-hybridized carbons (Fsp3) is 0.211. The van der Waals surface area contributed by atoms with E-state index in [-0.39, 0.29) is 18.9 Å². The van der Waals surface area contributed by atoms with Gasteiger partial charge < -0.3 is 9.72 Å². The largest absolute Gasteiger partial charge is 0.484 e. The first kappa shape index (κ1) is 17.5. The maximum Gasteiger partial charge on any atom is 0.276 e. The second-order valence-electron chi connectivity index (χ2n) is 5.90. The molecular formula is C19H20N4O3. The summed E-state index contributed by atoms with van der Waals surface area (Å²) in [6, 6.07) is 15.1. The number of hydrogen-bond acceptors (Lipinski definition) is 4. The molecule has 0 unspecified atom stereocenters. The van der Waals surface area contributed by atoms with Gasteiger partial charge in [0, 0.05) is 12.8 Å². The molecule has 3 rings (SSSR count). The number of aryl methyl sites for hydroxylation is 2. The van der Waals surface area contributed by atoms with Crippen molar-refractivity contribution in [3.8, 4) is 5.75 Å². The summed E-state index contributed by atoms with van der Waals surface area (Å²) in [5.41, 5.74) is 7.55. The van der Waals surface area contributed by atoms with E-state index >= 15 is 0 Å². The molecule has 0 atom stereocenters. The van der Waals surface area contributed by atoms with Gasteiger partial charge in [0.25, 0.3) is 5.91 Å². The van der Waals surface area contributed by atoms with Gasteiger partial charge in [0.05, 0.1) is 11.0 Å². The first-order chi connectivity index (χ1) is 12.6. The number of hydrazine groups is 1. The highest BCUT2D eigenvalue weighted by Gasteiger charge is 2.08. The Morgan fingerprint density at radius 3 is 2.69 bits per heavy atom. The van der Waals surface area contributed by atoms with Gasteiger partial charge in [-0.1, -0.05) is 24.3 Å². The Morgan fingerprint density at radius 2 is 1.88 bits per heavy atom. The lowest BCUT2D eigenvalue weighted by atomic mass is 10.2. The van der Waals surface area contributed by atoms with Gasteiger partial charge in [0.15, 0.2) is 6.61 Å². The zero-order valence-electron chi connectivity index (χ0n) is 14.4. The topological polar surface area (TPSA) is 96.1 Å². The van der Waals surface area contributed by atoms with Gasteiger partial charge in [-0.05, 0) is 36.8 Å². The smallest absolute Gasteiger partial charge is 0.276 e. The van der Waals surface area contributed by atoms with Crippen LogP contribution in [0.1, 0.15) is 17.8 Å². The third-order valence-electron chi connectivity index (χ3n) is 3.73. The normalized spacial score (nSPS) is 10.5. The molecule has 0 saturated carbocycles. The Balaban J connectivity index is 1.38. The zero-order valence-corrected chi connectivity index (χ0v) is 14.4. The Hall–Kier alpha value is -3.35. The van der Waals surface area contributed by atoms with Gasteiger partial charge >= 0.3 is 0 Å². The minimum atomic E-state index is -0.427. The Bertz CT molecular complexity index is 887. The molecule has 0 aliphatic heterocycles. The lowest BCUT2D eigenvalue weighted by Gasteiger charge is -2.09. The van der Waals surface area contributed by atoms with Crippen LogP contribution in [-0.4, -0.2) is 28.4 Å². The Labute approximate surface area is 150 Å². The number of carbonyl (C=O) groups excluding carboxylic acids is 2. The first-order valence-corrected chi connectivity index (χ1v) is 8.31. The molecule has 1 heterocycles. The number of amides is 2. The molecule has 7 heteroatoms. The third kappa shape index (κ3) is 4.83. The number of rotatable bonds is 6. The molecule has 0 bridgehead atoms. The van der Waals surface area contributed by atoms with Crippen molar-refractivity contribution < 1.29 is 14.3 Å². The molecule has 0 radical (unpaired) electrons. The number of aromatic amines is 1. The number of nitrogens with zero attached hydrogens (tertiary/aromatic N) is 1. The molecule has 0 saturated heterocycles. The summed E-state index contributed by atoms with van der Waals surface area (Å²) >= 11 is 0. The van der Waals surface area contributed by atoms with Crippen molar-refractivity contribution in [1.29, 1.82) is 0 Å². The quantitative estimate of drug-likeness (QED) is 0.592. The molecule has 0 aliphatic carbocycles. The van der Waals surface area contributed by atoms with Gasteiger partial charge in [0.2, 0.25) is 5.91 Å². The lowest BCUT2D eigenvalue weighted by Crippen LogP contribution is -2.43. The van der Waals surface area contributed by atoms with Crippen LogP contribution in [-0.2, 0) is 16.0 Å². The minimum Gasteiger partial charge on any atom is -0.484 e. The summed E-state index contributed by atoms with van der Waals surface area (Å²) in [5.74, 6) is 0.616. The molecule has 2 amide bonds. The molecular weight excluding hydrogens is 332 g/mol. The number of para-hydroxylation sites is 2. The molecule has 0 fully saturated rings. The van der Waals surface area contributed by atoms with Gasteiger partial charge in [-0.15, -0.1) is 0 Å². The molecule has 3 N–H and O–H groups in total. The first-order valence-electron chi connectivity index (χ1n) is 8.31. The fourth-order valence-electron chi connectivity index (χ4n) is 2.45. The van der Waals surface area contributed by atoms with Crippen LogP contribution in [0.5, 0.6) is 5.75 Å². The maximum absolute atomic E-state index is 11.8. The molecule has 0 aliphatic rings. The maximum atomic E-state index is 11.8. The van der Waals surface area contributed by atoms with Gasteiger partial charge in [-0.3, -0.25) is 20.4 Å². The van der Waals surface area contributed by atoms with E-state index in [9.17, 15) is 9.59 Å². The van der Waals surface area contributed by atoms with Crippen LogP contribution in [0, 0.1) is 6.92 Å². The van der Waals surface area contributed by atoms with Crippen LogP contribution in [0.15, 0.2) is 48.5 Å². The van der Waals surface area contributed by atoms with Crippen LogP contribution in [0.3, 0.4) is 0 Å². The Morgan fingerprint density at radius 1 is 1.08 bits per heavy atom. The number of fused-ring (bicyclic) bond motifs is 1.